The van der Waals surface area contributed by atoms with Gasteiger partial charge >= 0.3 is 0 Å². The number of carbonyl (C=O) groups excluding carboxylic acids is 1. The fraction of sp³-hybridized carbons (Fsp3) is 0.531. The van der Waals surface area contributed by atoms with Gasteiger partial charge in [0, 0.05) is 82.4 Å². The van der Waals surface area contributed by atoms with Gasteiger partial charge in [0.15, 0.2) is 0 Å². The highest BCUT2D eigenvalue weighted by molar-refractivity contribution is 5.81. The van der Waals surface area contributed by atoms with E-state index in [1.54, 1.807) is 0 Å². The van der Waals surface area contributed by atoms with Gasteiger partial charge in [-0.2, -0.15) is 5.10 Å². The van der Waals surface area contributed by atoms with E-state index in [0.29, 0.717) is 31.0 Å². The fourth-order valence-corrected chi connectivity index (χ4v) is 6.72. The summed E-state index contributed by atoms with van der Waals surface area (Å²) in [4.78, 5) is 24.2. The number of likely N-dealkylation sites (tertiary alicyclic amines) is 1. The average Bonchev–Trinajstić information content (AvgIpc) is 3.40. The summed E-state index contributed by atoms with van der Waals surface area (Å²) < 4.78 is 1.95. The van der Waals surface area contributed by atoms with E-state index in [2.05, 4.69) is 87.4 Å². The van der Waals surface area contributed by atoms with Crippen LogP contribution in [0.4, 0.5) is 5.69 Å². The summed E-state index contributed by atoms with van der Waals surface area (Å²) in [5.74, 6) is 1.04. The molecule has 2 aliphatic heterocycles. The first-order valence-electron chi connectivity index (χ1n) is 14.9. The van der Waals surface area contributed by atoms with Crippen LogP contribution < -0.4 is 4.90 Å². The maximum absolute atomic E-state index is 13.2. The van der Waals surface area contributed by atoms with Crippen molar-refractivity contribution >= 4 is 23.3 Å². The van der Waals surface area contributed by atoms with Gasteiger partial charge in [0.25, 0.3) is 0 Å². The summed E-state index contributed by atoms with van der Waals surface area (Å²) in [7, 11) is 1.83. The summed E-state index contributed by atoms with van der Waals surface area (Å²) in [6, 6.07) is 13.1. The maximum Gasteiger partial charge on any atom is 0.225 e. The van der Waals surface area contributed by atoms with Crippen LogP contribution in [0.5, 0.6) is 0 Å². The Balaban J connectivity index is 1.11. The maximum atomic E-state index is 13.2. The summed E-state index contributed by atoms with van der Waals surface area (Å²) >= 11 is 0. The van der Waals surface area contributed by atoms with E-state index in [4.69, 9.17) is 0 Å². The van der Waals surface area contributed by atoms with Gasteiger partial charge in [-0.15, -0.1) is 0 Å². The molecule has 4 heterocycles. The number of aromatic nitrogens is 2. The van der Waals surface area contributed by atoms with Gasteiger partial charge in [-0.05, 0) is 68.7 Å². The summed E-state index contributed by atoms with van der Waals surface area (Å²) in [5, 5.41) is 15.6. The number of nitrogens with zero attached hydrogens (tertiary/aromatic N) is 6. The molecule has 1 aliphatic carbocycles. The highest BCUT2D eigenvalue weighted by Crippen LogP contribution is 2.35. The van der Waals surface area contributed by atoms with Gasteiger partial charge < -0.3 is 19.9 Å². The van der Waals surface area contributed by atoms with Crippen molar-refractivity contribution in [1.82, 2.24) is 19.4 Å². The molecule has 1 aromatic carbocycles. The van der Waals surface area contributed by atoms with Crippen LogP contribution in [0.25, 0.3) is 16.6 Å². The zero-order chi connectivity index (χ0) is 27.9. The Kier molecular flexibility index (Phi) is 7.40. The second-order valence-corrected chi connectivity index (χ2v) is 12.2. The number of amides is 1. The molecule has 0 bridgehead atoms. The lowest BCUT2D eigenvalue weighted by atomic mass is 9.82. The first-order chi connectivity index (χ1) is 19.3. The van der Waals surface area contributed by atoms with E-state index in [9.17, 15) is 9.90 Å². The minimum Gasteiger partial charge on any atom is -0.382 e. The van der Waals surface area contributed by atoms with E-state index in [-0.39, 0.29) is 5.92 Å². The number of carbonyl (C=O) groups is 1. The lowest BCUT2D eigenvalue weighted by Gasteiger charge is -2.49. The average molecular weight is 543 g/mol. The lowest BCUT2D eigenvalue weighted by molar-refractivity contribution is -0.137. The number of hydrogen-bond donors (Lipinski definition) is 1. The zero-order valence-corrected chi connectivity index (χ0v) is 24.0. The monoisotopic (exact) mass is 542 g/mol. The predicted octanol–water partition coefficient (Wildman–Crippen LogP) is 4.07. The van der Waals surface area contributed by atoms with Crippen LogP contribution in [-0.4, -0.2) is 89.0 Å². The molecular formula is C32H42N6O2. The molecule has 6 rings (SSSR count). The first kappa shape index (κ1) is 27.0. The molecule has 40 heavy (non-hydrogen) atoms. The Bertz CT molecular complexity index is 1360. The number of rotatable bonds is 6. The molecule has 0 unspecified atom stereocenters. The minimum absolute atomic E-state index is 0.166. The van der Waals surface area contributed by atoms with Crippen molar-refractivity contribution in [3.8, 4) is 11.1 Å². The molecule has 1 N–H and O–H groups in total. The van der Waals surface area contributed by atoms with Crippen molar-refractivity contribution in [2.75, 3.05) is 51.2 Å². The highest BCUT2D eigenvalue weighted by Gasteiger charge is 2.43. The molecule has 8 heteroatoms. The molecular weight excluding hydrogens is 500 g/mol. The predicted molar refractivity (Wildman–Crippen MR) is 160 cm³/mol. The van der Waals surface area contributed by atoms with Crippen LogP contribution in [0, 0.1) is 11.8 Å². The van der Waals surface area contributed by atoms with Gasteiger partial charge in [0.1, 0.15) is 5.60 Å². The third kappa shape index (κ3) is 5.15. The van der Waals surface area contributed by atoms with Crippen molar-refractivity contribution in [3.63, 3.8) is 0 Å². The van der Waals surface area contributed by atoms with Crippen LogP contribution >= 0.6 is 0 Å². The summed E-state index contributed by atoms with van der Waals surface area (Å²) in [6.07, 6.45) is 10.1. The van der Waals surface area contributed by atoms with Gasteiger partial charge in [0.05, 0.1) is 11.2 Å². The van der Waals surface area contributed by atoms with Gasteiger partial charge in [-0.3, -0.25) is 9.69 Å². The highest BCUT2D eigenvalue weighted by atomic mass is 16.3. The Morgan fingerprint density at radius 3 is 2.38 bits per heavy atom. The number of piperazine rings is 1. The number of anilines is 1. The van der Waals surface area contributed by atoms with Gasteiger partial charge in [-0.1, -0.05) is 24.3 Å². The second-order valence-electron chi connectivity index (χ2n) is 12.2. The molecule has 1 amide bonds. The Hall–Kier alpha value is -3.23. The normalized spacial score (nSPS) is 23.7. The van der Waals surface area contributed by atoms with Crippen molar-refractivity contribution < 1.29 is 9.90 Å². The molecule has 1 saturated carbocycles. The van der Waals surface area contributed by atoms with Gasteiger partial charge in [-0.25, -0.2) is 4.52 Å². The topological polar surface area (TPSA) is 76.7 Å². The van der Waals surface area contributed by atoms with E-state index >= 15 is 0 Å². The standard InChI is InChI=1S/C32H42N6O2/c1-23(2)37-21-32(40,22-37)28-10-8-25(9-11-28)27-18-30-29(12-13-34-38(30)20-27)35-14-16-36(17-15-35)31(39)26-6-4-24(5-7-26)19-33-3/h8-13,18-20,23-24,26,40H,4-7,14-17,21-22H2,1-3H3. The van der Waals surface area contributed by atoms with Crippen LogP contribution in [0.3, 0.4) is 0 Å². The van der Waals surface area contributed by atoms with Crippen LogP contribution in [0.2, 0.25) is 0 Å². The summed E-state index contributed by atoms with van der Waals surface area (Å²) in [5.41, 5.74) is 4.67. The molecule has 0 radical (unpaired) electrons. The number of benzene rings is 1. The summed E-state index contributed by atoms with van der Waals surface area (Å²) in [6.45, 7) is 8.86. The number of aliphatic imine (C=N–C) groups is 1. The van der Waals surface area contributed by atoms with Crippen LogP contribution in [-0.2, 0) is 10.4 Å². The van der Waals surface area contributed by atoms with Crippen LogP contribution in [0.15, 0.2) is 53.8 Å². The van der Waals surface area contributed by atoms with Crippen LogP contribution in [0.1, 0.15) is 45.1 Å². The van der Waals surface area contributed by atoms with Crippen molar-refractivity contribution in [3.05, 3.63) is 54.4 Å². The SMILES string of the molecule is CN=CC1CCC(C(=O)N2CCN(c3ccnn4cc(-c5ccc(C6(O)CN(C(C)C)C6)cc5)cc34)CC2)CC1. The van der Waals surface area contributed by atoms with Crippen molar-refractivity contribution in [2.45, 2.75) is 51.2 Å². The number of fused-ring (bicyclic) bond motifs is 1. The van der Waals surface area contributed by atoms with Gasteiger partial charge in [0.2, 0.25) is 5.91 Å². The van der Waals surface area contributed by atoms with Crippen molar-refractivity contribution in [1.29, 1.82) is 0 Å². The molecule has 3 aliphatic rings. The molecule has 2 saturated heterocycles. The Labute approximate surface area is 237 Å². The molecule has 3 aromatic rings. The second kappa shape index (κ2) is 11.0. The third-order valence-corrected chi connectivity index (χ3v) is 9.31. The molecule has 2 aromatic heterocycles. The van der Waals surface area contributed by atoms with E-state index in [1.165, 1.54) is 0 Å². The lowest BCUT2D eigenvalue weighted by Crippen LogP contribution is -2.61. The molecule has 0 spiro atoms. The molecule has 3 fully saturated rings. The number of β-amino-alcohol motifs (C(OH)–C–C–N with tert-alkyl or cyclic N) is 1. The minimum atomic E-state index is -0.754. The zero-order valence-electron chi connectivity index (χ0n) is 24.0. The first-order valence-corrected chi connectivity index (χ1v) is 14.9. The largest absolute Gasteiger partial charge is 0.382 e. The third-order valence-electron chi connectivity index (χ3n) is 9.31. The van der Waals surface area contributed by atoms with E-state index in [0.717, 1.165) is 79.8 Å². The fourth-order valence-electron chi connectivity index (χ4n) is 6.72. The molecule has 212 valence electrons. The smallest absolute Gasteiger partial charge is 0.225 e. The van der Waals surface area contributed by atoms with Crippen molar-refractivity contribution in [2.24, 2.45) is 16.8 Å². The quantitative estimate of drug-likeness (QED) is 0.476. The number of hydrogen-bond acceptors (Lipinski definition) is 6. The van der Waals surface area contributed by atoms with E-state index < -0.39 is 5.60 Å². The Morgan fingerprint density at radius 2 is 1.73 bits per heavy atom. The number of aliphatic hydroxyl groups is 1. The molecule has 8 nitrogen and oxygen atoms in total. The Morgan fingerprint density at radius 1 is 1.02 bits per heavy atom. The van der Waals surface area contributed by atoms with E-state index in [1.807, 2.05) is 17.8 Å². The molecule has 0 atom stereocenters.